The number of allylic oxidation sites excluding steroid dienone is 2. The molecule has 3 aromatic carbocycles. The first-order valence-electron chi connectivity index (χ1n) is 11.1. The average Bonchev–Trinajstić information content (AvgIpc) is 3.22. The third-order valence-electron chi connectivity index (χ3n) is 5.37. The average molecular weight is 665 g/mol. The minimum absolute atomic E-state index is 0. The predicted octanol–water partition coefficient (Wildman–Crippen LogP) is 7.10. The minimum Gasteiger partial charge on any atom is -0.512 e. The number of hydrogen-bond acceptors (Lipinski definition) is 4. The van der Waals surface area contributed by atoms with Gasteiger partial charge in [-0.15, -0.1) is 23.8 Å². The number of nitrogens with zero attached hydrogens (tertiary/aromatic N) is 4. The molecule has 2 heterocycles. The number of aromatic nitrogens is 2. The monoisotopic (exact) mass is 664 g/mol. The second-order valence-corrected chi connectivity index (χ2v) is 8.05. The number of ketones is 1. The van der Waals surface area contributed by atoms with Crippen molar-refractivity contribution in [2.75, 3.05) is 0 Å². The quantitative estimate of drug-likeness (QED) is 0.127. The van der Waals surface area contributed by atoms with E-state index in [1.165, 1.54) is 36.8 Å². The van der Waals surface area contributed by atoms with Crippen LogP contribution in [0.25, 0.3) is 43.6 Å². The molecule has 0 aliphatic heterocycles. The maximum absolute atomic E-state index is 10.0. The minimum atomic E-state index is -0.125. The Balaban J connectivity index is 0.000000422. The summed E-state index contributed by atoms with van der Waals surface area (Å²) in [7, 11) is 0. The van der Waals surface area contributed by atoms with Gasteiger partial charge in [0.1, 0.15) is 5.69 Å². The molecule has 1 N–H and O–H groups in total. The molecule has 0 unspecified atom stereocenters. The SMILES string of the molecule is CC(=O)/C=C(/C)O.[C-]#[N+]c1cc(C#N)[c-]c(-c2cc(-n3c4ccccc4c4ccccc43)ccn2)c1.[Pt]. The number of aliphatic hydroxyl groups excluding tert-OH is 1. The van der Waals surface area contributed by atoms with Crippen molar-refractivity contribution >= 4 is 33.3 Å². The number of hydrogen-bond donors (Lipinski definition) is 1. The fraction of sp³-hybridized carbons (Fsp3) is 0.0667. The Labute approximate surface area is 229 Å². The van der Waals surface area contributed by atoms with Crippen LogP contribution in [0.2, 0.25) is 0 Å². The smallest absolute Gasteiger partial charge is 0.155 e. The Morgan fingerprint density at radius 1 is 1.05 bits per heavy atom. The fourth-order valence-electron chi connectivity index (χ4n) is 4.02. The molecule has 0 radical (unpaired) electrons. The maximum atomic E-state index is 10.0. The van der Waals surface area contributed by atoms with Crippen molar-refractivity contribution < 1.29 is 31.0 Å². The van der Waals surface area contributed by atoms with Gasteiger partial charge in [-0.1, -0.05) is 42.0 Å². The third kappa shape index (κ3) is 6.01. The number of nitriles is 1. The van der Waals surface area contributed by atoms with Crippen LogP contribution in [0.5, 0.6) is 0 Å². The van der Waals surface area contributed by atoms with E-state index < -0.39 is 0 Å². The Hall–Kier alpha value is -4.51. The number of pyridine rings is 1. The molecular formula is C30H21N4O2Pt-. The van der Waals surface area contributed by atoms with Crippen LogP contribution >= 0.6 is 0 Å². The van der Waals surface area contributed by atoms with E-state index in [0.29, 0.717) is 22.5 Å². The van der Waals surface area contributed by atoms with Gasteiger partial charge < -0.3 is 9.67 Å². The molecule has 5 rings (SSSR count). The summed E-state index contributed by atoms with van der Waals surface area (Å²) in [5.41, 5.74) is 5.23. The molecule has 0 amide bonds. The van der Waals surface area contributed by atoms with Crippen molar-refractivity contribution in [3.8, 4) is 23.0 Å². The molecule has 0 bridgehead atoms. The van der Waals surface area contributed by atoms with Crippen molar-refractivity contribution in [1.82, 2.24) is 9.55 Å². The van der Waals surface area contributed by atoms with E-state index in [0.717, 1.165) is 16.7 Å². The molecule has 0 fully saturated rings. The zero-order valence-electron chi connectivity index (χ0n) is 20.0. The van der Waals surface area contributed by atoms with E-state index in [9.17, 15) is 10.1 Å². The van der Waals surface area contributed by atoms with Gasteiger partial charge in [-0.05, 0) is 44.2 Å². The van der Waals surface area contributed by atoms with Gasteiger partial charge in [0.2, 0.25) is 0 Å². The second kappa shape index (κ2) is 12.0. The molecule has 0 saturated carbocycles. The summed E-state index contributed by atoms with van der Waals surface area (Å²) in [4.78, 5) is 18.0. The van der Waals surface area contributed by atoms with Crippen LogP contribution in [0.4, 0.5) is 5.69 Å². The molecule has 0 saturated heterocycles. The van der Waals surface area contributed by atoms with E-state index in [2.05, 4.69) is 50.8 Å². The summed E-state index contributed by atoms with van der Waals surface area (Å²) in [5.74, 6) is -0.0625. The van der Waals surface area contributed by atoms with Gasteiger partial charge in [-0.2, -0.15) is 0 Å². The van der Waals surface area contributed by atoms with Gasteiger partial charge in [0.25, 0.3) is 0 Å². The number of carbonyl (C=O) groups excluding carboxylic acids is 1. The van der Waals surface area contributed by atoms with E-state index in [4.69, 9.17) is 11.7 Å². The molecule has 37 heavy (non-hydrogen) atoms. The van der Waals surface area contributed by atoms with Crippen LogP contribution in [-0.2, 0) is 25.9 Å². The molecule has 0 atom stereocenters. The van der Waals surface area contributed by atoms with Gasteiger partial charge in [0.15, 0.2) is 5.78 Å². The molecule has 184 valence electrons. The standard InChI is InChI=1S/C25H13N4.C5H8O2.Pt/c1-27-19-13-17(16-26)12-18(14-19)23-15-20(10-11-28-23)29-24-8-4-2-6-21(24)22-7-3-5-9-25(22)29;1-4(6)3-5(2)7;/h2-11,13-15H;3,6H,1-2H3;/q-1;;/b;4-3-;. The number of fused-ring (bicyclic) bond motifs is 3. The predicted molar refractivity (Wildman–Crippen MR) is 141 cm³/mol. The number of rotatable bonds is 3. The summed E-state index contributed by atoms with van der Waals surface area (Å²) in [5, 5.41) is 20.0. The fourth-order valence-corrected chi connectivity index (χ4v) is 4.02. The van der Waals surface area contributed by atoms with Crippen LogP contribution in [0.15, 0.2) is 90.8 Å². The molecule has 7 heteroatoms. The van der Waals surface area contributed by atoms with Crippen molar-refractivity contribution in [3.05, 3.63) is 114 Å². The molecular weight excluding hydrogens is 643 g/mol. The van der Waals surface area contributed by atoms with E-state index in [1.54, 1.807) is 12.3 Å². The van der Waals surface area contributed by atoms with Gasteiger partial charge in [-0.25, -0.2) is 5.26 Å². The molecule has 6 nitrogen and oxygen atoms in total. The van der Waals surface area contributed by atoms with E-state index in [-0.39, 0.29) is 32.6 Å². The van der Waals surface area contributed by atoms with Gasteiger partial charge >= 0.3 is 0 Å². The van der Waals surface area contributed by atoms with Crippen molar-refractivity contribution in [1.29, 1.82) is 5.26 Å². The first kappa shape index (κ1) is 27.1. The number of carbonyl (C=O) groups is 1. The van der Waals surface area contributed by atoms with Gasteiger partial charge in [0.05, 0.1) is 23.4 Å². The topological polar surface area (TPSA) is 83.3 Å². The van der Waals surface area contributed by atoms with Crippen molar-refractivity contribution in [3.63, 3.8) is 0 Å². The Bertz CT molecular complexity index is 1630. The normalized spacial score (nSPS) is 10.5. The third-order valence-corrected chi connectivity index (χ3v) is 5.37. The maximum Gasteiger partial charge on any atom is 0.155 e. The molecule has 0 spiro atoms. The molecule has 5 aromatic rings. The summed E-state index contributed by atoms with van der Waals surface area (Å²) in [6.07, 6.45) is 2.92. The molecule has 0 aliphatic carbocycles. The first-order chi connectivity index (χ1) is 17.4. The van der Waals surface area contributed by atoms with E-state index in [1.807, 2.05) is 36.4 Å². The van der Waals surface area contributed by atoms with Crippen LogP contribution < -0.4 is 0 Å². The number of benzene rings is 3. The summed E-state index contributed by atoms with van der Waals surface area (Å²) < 4.78 is 2.21. The number of aliphatic hydroxyl groups is 1. The van der Waals surface area contributed by atoms with Crippen molar-refractivity contribution in [2.24, 2.45) is 0 Å². The molecule has 0 aliphatic rings. The summed E-state index contributed by atoms with van der Waals surface area (Å²) in [6, 6.07) is 28.9. The Kier molecular flexibility index (Phi) is 8.75. The second-order valence-electron chi connectivity index (χ2n) is 8.05. The van der Waals surface area contributed by atoms with Crippen molar-refractivity contribution in [2.45, 2.75) is 13.8 Å². The van der Waals surface area contributed by atoms with Crippen LogP contribution in [-0.4, -0.2) is 20.4 Å². The summed E-state index contributed by atoms with van der Waals surface area (Å²) >= 11 is 0. The van der Waals surface area contributed by atoms with Crippen LogP contribution in [0, 0.1) is 24.0 Å². The van der Waals surface area contributed by atoms with E-state index >= 15 is 0 Å². The zero-order chi connectivity index (χ0) is 25.7. The summed E-state index contributed by atoms with van der Waals surface area (Å²) in [6.45, 7) is 10.1. The first-order valence-corrected chi connectivity index (χ1v) is 11.1. The molecule has 2 aromatic heterocycles. The zero-order valence-corrected chi connectivity index (χ0v) is 22.3. The van der Waals surface area contributed by atoms with Gasteiger partial charge in [-0.3, -0.25) is 14.6 Å². The van der Waals surface area contributed by atoms with Crippen LogP contribution in [0.1, 0.15) is 19.4 Å². The Morgan fingerprint density at radius 3 is 2.19 bits per heavy atom. The van der Waals surface area contributed by atoms with Crippen LogP contribution in [0.3, 0.4) is 0 Å². The Morgan fingerprint density at radius 2 is 1.68 bits per heavy atom. The largest absolute Gasteiger partial charge is 0.512 e. The number of para-hydroxylation sites is 2. The van der Waals surface area contributed by atoms with Gasteiger partial charge in [0, 0.05) is 55.5 Å².